The molecule has 0 aromatic heterocycles. The molecule has 3 rings (SSSR count). The largest absolute Gasteiger partial charge is 0.480 e. The molecule has 3 aromatic rings. The summed E-state index contributed by atoms with van der Waals surface area (Å²) in [6.07, 6.45) is 0. The molecule has 12 heteroatoms. The van der Waals surface area contributed by atoms with Crippen LogP contribution in [0.2, 0.25) is 0 Å². The molecule has 0 aliphatic heterocycles. The summed E-state index contributed by atoms with van der Waals surface area (Å²) in [6.45, 7) is 15.4. The minimum Gasteiger partial charge on any atom is -0.480 e. The first-order valence-corrected chi connectivity index (χ1v) is 19.0. The van der Waals surface area contributed by atoms with Crippen LogP contribution in [0.15, 0.2) is 91.0 Å². The molecule has 0 unspecified atom stereocenters. The van der Waals surface area contributed by atoms with Crippen LogP contribution in [0, 0.1) is 0 Å². The van der Waals surface area contributed by atoms with Crippen molar-refractivity contribution in [1.29, 1.82) is 0 Å². The van der Waals surface area contributed by atoms with Gasteiger partial charge in [-0.05, 0) is 79.0 Å². The zero-order valence-corrected chi connectivity index (χ0v) is 33.8. The van der Waals surface area contributed by atoms with E-state index < -0.39 is 63.4 Å². The average molecular weight is 764 g/mol. The number of nitrogens with one attached hydrogen (secondary N) is 3. The lowest BCUT2D eigenvalue weighted by Gasteiger charge is -2.35. The van der Waals surface area contributed by atoms with E-state index in [-0.39, 0.29) is 25.6 Å². The molecule has 294 valence electrons. The van der Waals surface area contributed by atoms with Crippen LogP contribution in [-0.2, 0) is 38.1 Å². The molecule has 0 saturated carbocycles. The number of benzene rings is 3. The molecule has 0 heterocycles. The van der Waals surface area contributed by atoms with Gasteiger partial charge >= 0.3 is 5.97 Å². The van der Waals surface area contributed by atoms with Gasteiger partial charge in [0.2, 0.25) is 17.7 Å². The third-order valence-corrected chi connectivity index (χ3v) is 9.46. The Kier molecular flexibility index (Phi) is 15.9. The fourth-order valence-electron chi connectivity index (χ4n) is 5.26. The highest BCUT2D eigenvalue weighted by molar-refractivity contribution is 8.01. The highest BCUT2D eigenvalue weighted by Crippen LogP contribution is 2.48. The molecule has 11 nitrogen and oxygen atoms in total. The summed E-state index contributed by atoms with van der Waals surface area (Å²) in [6, 6.07) is 25.9. The Hall–Kier alpha value is -4.23. The quantitative estimate of drug-likeness (QED) is 0.120. The fraction of sp³-hybridized carbons (Fsp3) is 0.476. The van der Waals surface area contributed by atoms with E-state index >= 15 is 0 Å². The van der Waals surface area contributed by atoms with Crippen LogP contribution >= 0.6 is 11.8 Å². The number of carbonyl (C=O) groups is 4. The van der Waals surface area contributed by atoms with Crippen LogP contribution in [0.1, 0.15) is 79.0 Å². The van der Waals surface area contributed by atoms with Crippen molar-refractivity contribution in [1.82, 2.24) is 16.0 Å². The first-order chi connectivity index (χ1) is 25.2. The van der Waals surface area contributed by atoms with E-state index in [1.54, 1.807) is 41.5 Å². The molecule has 0 bridgehead atoms. The molecule has 0 aliphatic carbocycles. The number of carbonyl (C=O) groups excluding carboxylic acids is 3. The Morgan fingerprint density at radius 3 is 1.19 bits per heavy atom. The molecule has 3 amide bonds. The third-order valence-electron chi connectivity index (χ3n) is 7.91. The lowest BCUT2D eigenvalue weighted by molar-refractivity contribution is -0.146. The number of hydrogen-bond acceptors (Lipinski definition) is 8. The zero-order valence-electron chi connectivity index (χ0n) is 32.9. The van der Waals surface area contributed by atoms with Gasteiger partial charge in [0.15, 0.2) is 6.04 Å². The predicted molar refractivity (Wildman–Crippen MR) is 212 cm³/mol. The highest BCUT2D eigenvalue weighted by atomic mass is 32.2. The first-order valence-electron chi connectivity index (χ1n) is 18.1. The summed E-state index contributed by atoms with van der Waals surface area (Å²) < 4.78 is 16.7. The number of thioether (sulfide) groups is 1. The van der Waals surface area contributed by atoms with Crippen molar-refractivity contribution >= 4 is 35.5 Å². The second-order valence-corrected chi connectivity index (χ2v) is 17.1. The van der Waals surface area contributed by atoms with E-state index in [1.165, 1.54) is 11.8 Å². The third kappa shape index (κ3) is 14.2. The maximum atomic E-state index is 14.0. The van der Waals surface area contributed by atoms with Crippen LogP contribution in [0.4, 0.5) is 0 Å². The molecular formula is C42H57N3O8S. The molecule has 0 aliphatic rings. The summed E-state index contributed by atoms with van der Waals surface area (Å²) in [5.74, 6) is -3.25. The Morgan fingerprint density at radius 1 is 0.537 bits per heavy atom. The van der Waals surface area contributed by atoms with E-state index in [0.29, 0.717) is 0 Å². The summed E-state index contributed by atoms with van der Waals surface area (Å²) in [5, 5.41) is 17.8. The van der Waals surface area contributed by atoms with Crippen LogP contribution in [0.25, 0.3) is 0 Å². The van der Waals surface area contributed by atoms with Gasteiger partial charge in [-0.15, -0.1) is 11.8 Å². The smallest absolute Gasteiger partial charge is 0.328 e. The van der Waals surface area contributed by atoms with Crippen LogP contribution in [0.5, 0.6) is 0 Å². The normalized spacial score (nSPS) is 14.0. The van der Waals surface area contributed by atoms with Gasteiger partial charge < -0.3 is 35.3 Å². The lowest BCUT2D eigenvalue weighted by atomic mass is 9.84. The number of hydrogen-bond donors (Lipinski definition) is 4. The van der Waals surface area contributed by atoms with Crippen molar-refractivity contribution in [3.8, 4) is 0 Å². The topological polar surface area (TPSA) is 152 Å². The summed E-state index contributed by atoms with van der Waals surface area (Å²) in [5.41, 5.74) is 0.937. The lowest BCUT2D eigenvalue weighted by Crippen LogP contribution is -2.59. The van der Waals surface area contributed by atoms with Gasteiger partial charge in [0.05, 0.1) is 47.1 Å². The average Bonchev–Trinajstić information content (AvgIpc) is 3.10. The summed E-state index contributed by atoms with van der Waals surface area (Å²) in [7, 11) is 0. The zero-order chi connectivity index (χ0) is 40.2. The van der Waals surface area contributed by atoms with E-state index in [1.807, 2.05) is 112 Å². The Morgan fingerprint density at radius 2 is 0.852 bits per heavy atom. The SMILES string of the molecule is CC(C)(C)OC[C@@H](NC(=O)[C@@H](COC(C)(C)C)NC(=O)[C@@H](COC(C)(C)C)NC(=O)CSC(c1ccccc1)(c1ccccc1)c1ccccc1)C(=O)O. The molecular weight excluding hydrogens is 707 g/mol. The van der Waals surface area contributed by atoms with Crippen molar-refractivity contribution < 1.29 is 38.5 Å². The second kappa shape index (κ2) is 19.4. The number of ether oxygens (including phenoxy) is 3. The van der Waals surface area contributed by atoms with E-state index in [0.717, 1.165) is 16.7 Å². The second-order valence-electron chi connectivity index (χ2n) is 15.9. The molecule has 3 atom stereocenters. The van der Waals surface area contributed by atoms with Crippen molar-refractivity contribution in [2.24, 2.45) is 0 Å². The molecule has 0 fully saturated rings. The van der Waals surface area contributed by atoms with Crippen LogP contribution in [0.3, 0.4) is 0 Å². The number of carboxylic acids is 1. The van der Waals surface area contributed by atoms with E-state index in [9.17, 15) is 24.3 Å². The van der Waals surface area contributed by atoms with E-state index in [4.69, 9.17) is 14.2 Å². The summed E-state index contributed by atoms with van der Waals surface area (Å²) >= 11 is 1.42. The molecule has 0 saturated heterocycles. The predicted octanol–water partition coefficient (Wildman–Crippen LogP) is 5.70. The first kappa shape index (κ1) is 44.2. The molecule has 0 spiro atoms. The van der Waals surface area contributed by atoms with Gasteiger partial charge in [-0.2, -0.15) is 0 Å². The molecule has 0 radical (unpaired) electrons. The number of amides is 3. The van der Waals surface area contributed by atoms with Crippen LogP contribution in [-0.4, -0.2) is 89.3 Å². The molecule has 3 aromatic carbocycles. The van der Waals surface area contributed by atoms with Gasteiger partial charge in [0.1, 0.15) is 12.1 Å². The van der Waals surface area contributed by atoms with Crippen molar-refractivity contribution in [3.05, 3.63) is 108 Å². The van der Waals surface area contributed by atoms with Gasteiger partial charge in [0, 0.05) is 0 Å². The van der Waals surface area contributed by atoms with Crippen LogP contribution < -0.4 is 16.0 Å². The Balaban J connectivity index is 1.91. The van der Waals surface area contributed by atoms with Crippen molar-refractivity contribution in [2.75, 3.05) is 25.6 Å². The maximum Gasteiger partial charge on any atom is 0.328 e. The van der Waals surface area contributed by atoms with Gasteiger partial charge in [-0.3, -0.25) is 14.4 Å². The van der Waals surface area contributed by atoms with Gasteiger partial charge in [-0.25, -0.2) is 4.79 Å². The van der Waals surface area contributed by atoms with Crippen molar-refractivity contribution in [3.63, 3.8) is 0 Å². The fourth-order valence-corrected chi connectivity index (χ4v) is 6.60. The maximum absolute atomic E-state index is 14.0. The number of aliphatic carboxylic acids is 1. The summed E-state index contributed by atoms with van der Waals surface area (Å²) in [4.78, 5) is 53.5. The molecule has 54 heavy (non-hydrogen) atoms. The minimum absolute atomic E-state index is 0.0386. The highest BCUT2D eigenvalue weighted by Gasteiger charge is 2.38. The van der Waals surface area contributed by atoms with Gasteiger partial charge in [-0.1, -0.05) is 91.0 Å². The Labute approximate surface area is 324 Å². The monoisotopic (exact) mass is 763 g/mol. The Bertz CT molecular complexity index is 1560. The van der Waals surface area contributed by atoms with Gasteiger partial charge in [0.25, 0.3) is 0 Å². The minimum atomic E-state index is -1.39. The van der Waals surface area contributed by atoms with Crippen molar-refractivity contribution in [2.45, 2.75) is 102 Å². The number of carboxylic acid groups (broad SMARTS) is 1. The number of rotatable bonds is 18. The van der Waals surface area contributed by atoms with E-state index in [2.05, 4.69) is 16.0 Å². The standard InChI is InChI=1S/C42H57N3O8S/c1-39(2,3)51-25-32(36(47)44-33(26-52-40(4,5)6)37(48)45-34(38(49)50)27-53-41(7,8)9)43-35(46)28-54-42(29-19-13-10-14-20-29,30-21-15-11-16-22-30)31-23-17-12-18-24-31/h10-24,32-34H,25-28H2,1-9H3,(H,43,46)(H,44,47)(H,45,48)(H,49,50)/t32-,33-,34-/m1/s1. The molecule has 4 N–H and O–H groups in total.